The van der Waals surface area contributed by atoms with Gasteiger partial charge in [0.15, 0.2) is 0 Å². The molecule has 2 aromatic carbocycles. The lowest BCUT2D eigenvalue weighted by Gasteiger charge is -2.12. The number of hydrogen-bond donors (Lipinski definition) is 1. The number of nitrogens with one attached hydrogen (secondary N) is 1. The SMILES string of the molecule is COC(=O)c1cc(NS(=O)(=O)c2ccc(Cl)cc2C)ccc1Cl. The largest absolute Gasteiger partial charge is 0.465 e. The zero-order chi connectivity index (χ0) is 17.2. The summed E-state index contributed by atoms with van der Waals surface area (Å²) in [5.74, 6) is -0.654. The van der Waals surface area contributed by atoms with E-state index in [1.54, 1.807) is 13.0 Å². The van der Waals surface area contributed by atoms with Crippen molar-refractivity contribution in [2.75, 3.05) is 11.8 Å². The number of anilines is 1. The fourth-order valence-electron chi connectivity index (χ4n) is 1.98. The van der Waals surface area contributed by atoms with Gasteiger partial charge in [0, 0.05) is 10.7 Å². The second-order valence-corrected chi connectivity index (χ2v) is 7.20. The molecule has 0 saturated heterocycles. The third-order valence-corrected chi connectivity index (χ3v) is 5.16. The maximum absolute atomic E-state index is 12.5. The third kappa shape index (κ3) is 3.96. The average molecular weight is 374 g/mol. The van der Waals surface area contributed by atoms with Gasteiger partial charge in [-0.15, -0.1) is 0 Å². The number of methoxy groups -OCH3 is 1. The summed E-state index contributed by atoms with van der Waals surface area (Å²) in [6.45, 7) is 1.64. The molecule has 0 unspecified atom stereocenters. The highest BCUT2D eigenvalue weighted by Gasteiger charge is 2.19. The van der Waals surface area contributed by atoms with Gasteiger partial charge in [-0.3, -0.25) is 4.72 Å². The Hall–Kier alpha value is -1.76. The Labute approximate surface area is 144 Å². The molecule has 0 saturated carbocycles. The fraction of sp³-hybridized carbons (Fsp3) is 0.133. The van der Waals surface area contributed by atoms with Gasteiger partial charge in [0.25, 0.3) is 10.0 Å². The van der Waals surface area contributed by atoms with Crippen molar-refractivity contribution in [1.82, 2.24) is 0 Å². The second kappa shape index (κ2) is 6.78. The lowest BCUT2D eigenvalue weighted by molar-refractivity contribution is 0.0601. The predicted molar refractivity (Wildman–Crippen MR) is 89.8 cm³/mol. The molecule has 0 spiro atoms. The van der Waals surface area contributed by atoms with Crippen molar-refractivity contribution in [3.8, 4) is 0 Å². The predicted octanol–water partition coefficient (Wildman–Crippen LogP) is 3.89. The smallest absolute Gasteiger partial charge is 0.339 e. The van der Waals surface area contributed by atoms with E-state index in [1.807, 2.05) is 0 Å². The topological polar surface area (TPSA) is 72.5 Å². The van der Waals surface area contributed by atoms with Gasteiger partial charge in [-0.2, -0.15) is 0 Å². The number of halogens is 2. The second-order valence-electron chi connectivity index (χ2n) is 4.70. The Bertz CT molecular complexity index is 866. The summed E-state index contributed by atoms with van der Waals surface area (Å²) < 4.78 is 31.9. The molecule has 0 amide bonds. The molecule has 0 fully saturated rings. The number of aryl methyl sites for hydroxylation is 1. The number of ether oxygens (including phenoxy) is 1. The third-order valence-electron chi connectivity index (χ3n) is 3.05. The monoisotopic (exact) mass is 373 g/mol. The Morgan fingerprint density at radius 1 is 1.13 bits per heavy atom. The minimum Gasteiger partial charge on any atom is -0.465 e. The highest BCUT2D eigenvalue weighted by molar-refractivity contribution is 7.92. The zero-order valence-electron chi connectivity index (χ0n) is 12.3. The minimum atomic E-state index is -3.83. The molecule has 0 aromatic heterocycles. The molecular weight excluding hydrogens is 361 g/mol. The summed E-state index contributed by atoms with van der Waals surface area (Å²) >= 11 is 11.7. The maximum atomic E-state index is 12.5. The van der Waals surface area contributed by atoms with Crippen molar-refractivity contribution in [3.05, 3.63) is 57.6 Å². The number of carbonyl (C=O) groups excluding carboxylic acids is 1. The first-order chi connectivity index (χ1) is 10.7. The average Bonchev–Trinajstić information content (AvgIpc) is 2.47. The number of carbonyl (C=O) groups is 1. The van der Waals surface area contributed by atoms with Crippen LogP contribution >= 0.6 is 23.2 Å². The van der Waals surface area contributed by atoms with Crippen LogP contribution in [0.2, 0.25) is 10.0 Å². The van der Waals surface area contributed by atoms with Gasteiger partial charge in [0.2, 0.25) is 0 Å². The van der Waals surface area contributed by atoms with Crippen LogP contribution in [0.4, 0.5) is 5.69 Å². The first kappa shape index (κ1) is 17.6. The standard InChI is InChI=1S/C15H13Cl2NO4S/c1-9-7-10(16)3-6-14(9)23(20,21)18-11-4-5-13(17)12(8-11)15(19)22-2/h3-8,18H,1-2H3. The van der Waals surface area contributed by atoms with Gasteiger partial charge in [-0.1, -0.05) is 23.2 Å². The minimum absolute atomic E-state index is 0.0715. The van der Waals surface area contributed by atoms with Gasteiger partial charge < -0.3 is 4.74 Å². The van der Waals surface area contributed by atoms with E-state index in [1.165, 1.54) is 37.4 Å². The molecule has 23 heavy (non-hydrogen) atoms. The lowest BCUT2D eigenvalue weighted by Crippen LogP contribution is -2.15. The maximum Gasteiger partial charge on any atom is 0.339 e. The van der Waals surface area contributed by atoms with Gasteiger partial charge in [0.1, 0.15) is 0 Å². The van der Waals surface area contributed by atoms with E-state index in [-0.39, 0.29) is 21.2 Å². The van der Waals surface area contributed by atoms with Crippen LogP contribution in [-0.4, -0.2) is 21.5 Å². The quantitative estimate of drug-likeness (QED) is 0.825. The molecule has 5 nitrogen and oxygen atoms in total. The molecule has 0 bridgehead atoms. The van der Waals surface area contributed by atoms with E-state index in [0.717, 1.165) is 0 Å². The van der Waals surface area contributed by atoms with Crippen LogP contribution in [0.25, 0.3) is 0 Å². The molecular formula is C15H13Cl2NO4S. The number of hydrogen-bond acceptors (Lipinski definition) is 4. The Morgan fingerprint density at radius 2 is 1.83 bits per heavy atom. The van der Waals surface area contributed by atoms with Crippen LogP contribution in [-0.2, 0) is 14.8 Å². The molecule has 0 radical (unpaired) electrons. The molecule has 0 aliphatic carbocycles. The van der Waals surface area contributed by atoms with Crippen molar-refractivity contribution >= 4 is 44.9 Å². The highest BCUT2D eigenvalue weighted by atomic mass is 35.5. The van der Waals surface area contributed by atoms with E-state index in [2.05, 4.69) is 9.46 Å². The van der Waals surface area contributed by atoms with Crippen LogP contribution < -0.4 is 4.72 Å². The number of benzene rings is 2. The Morgan fingerprint density at radius 3 is 2.43 bits per heavy atom. The number of rotatable bonds is 4. The summed E-state index contributed by atoms with van der Waals surface area (Å²) in [7, 11) is -2.61. The molecule has 1 N–H and O–H groups in total. The van der Waals surface area contributed by atoms with E-state index >= 15 is 0 Å². The van der Waals surface area contributed by atoms with Crippen LogP contribution in [0.5, 0.6) is 0 Å². The molecule has 8 heteroatoms. The summed E-state index contributed by atoms with van der Waals surface area (Å²) in [4.78, 5) is 11.7. The highest BCUT2D eigenvalue weighted by Crippen LogP contribution is 2.25. The normalized spacial score (nSPS) is 11.1. The van der Waals surface area contributed by atoms with E-state index < -0.39 is 16.0 Å². The molecule has 122 valence electrons. The van der Waals surface area contributed by atoms with E-state index in [0.29, 0.717) is 10.6 Å². The van der Waals surface area contributed by atoms with Gasteiger partial charge >= 0.3 is 5.97 Å². The van der Waals surface area contributed by atoms with E-state index in [9.17, 15) is 13.2 Å². The lowest BCUT2D eigenvalue weighted by atomic mass is 10.2. The molecule has 0 heterocycles. The number of esters is 1. The van der Waals surface area contributed by atoms with Crippen molar-refractivity contribution in [2.24, 2.45) is 0 Å². The summed E-state index contributed by atoms with van der Waals surface area (Å²) in [6.07, 6.45) is 0. The van der Waals surface area contributed by atoms with Gasteiger partial charge in [0.05, 0.1) is 22.6 Å². The first-order valence-electron chi connectivity index (χ1n) is 6.41. The van der Waals surface area contributed by atoms with Crippen molar-refractivity contribution in [3.63, 3.8) is 0 Å². The van der Waals surface area contributed by atoms with Crippen LogP contribution in [0.15, 0.2) is 41.3 Å². The van der Waals surface area contributed by atoms with Crippen molar-refractivity contribution in [1.29, 1.82) is 0 Å². The fourth-order valence-corrected chi connectivity index (χ4v) is 3.68. The van der Waals surface area contributed by atoms with Gasteiger partial charge in [-0.25, -0.2) is 13.2 Å². The molecule has 0 aliphatic rings. The summed E-state index contributed by atoms with van der Waals surface area (Å²) in [5, 5.41) is 0.614. The molecule has 0 aliphatic heterocycles. The van der Waals surface area contributed by atoms with E-state index in [4.69, 9.17) is 23.2 Å². The Balaban J connectivity index is 2.39. The Kier molecular flexibility index (Phi) is 5.19. The van der Waals surface area contributed by atoms with Crippen LogP contribution in [0, 0.1) is 6.92 Å². The number of sulfonamides is 1. The van der Waals surface area contributed by atoms with Crippen molar-refractivity contribution < 1.29 is 17.9 Å². The summed E-state index contributed by atoms with van der Waals surface area (Å²) in [6, 6.07) is 8.65. The van der Waals surface area contributed by atoms with Crippen LogP contribution in [0.1, 0.15) is 15.9 Å². The molecule has 0 atom stereocenters. The first-order valence-corrected chi connectivity index (χ1v) is 8.65. The molecule has 2 rings (SSSR count). The van der Waals surface area contributed by atoms with Crippen molar-refractivity contribution in [2.45, 2.75) is 11.8 Å². The zero-order valence-corrected chi connectivity index (χ0v) is 14.6. The summed E-state index contributed by atoms with van der Waals surface area (Å²) in [5.41, 5.74) is 0.776. The van der Waals surface area contributed by atoms with Crippen LogP contribution in [0.3, 0.4) is 0 Å². The van der Waals surface area contributed by atoms with Gasteiger partial charge in [-0.05, 0) is 48.9 Å². The molecule has 2 aromatic rings.